The maximum absolute atomic E-state index is 11.7. The lowest BCUT2D eigenvalue weighted by atomic mass is 10.00. The first kappa shape index (κ1) is 16.2. The van der Waals surface area contributed by atoms with E-state index in [1.165, 1.54) is 12.1 Å². The molecule has 2 aromatic carbocycles. The lowest BCUT2D eigenvalue weighted by molar-refractivity contribution is 0.229. The Balaban J connectivity index is 1.92. The lowest BCUT2D eigenvalue weighted by Gasteiger charge is -2.23. The SMILES string of the molecule is O=P(O)(O)OP(=O)(O)Oc1cccc2c1Cc1ccccc1O2. The summed E-state index contributed by atoms with van der Waals surface area (Å²) in [6.45, 7) is 0. The quantitative estimate of drug-likeness (QED) is 0.609. The molecule has 8 nitrogen and oxygen atoms in total. The molecule has 10 heteroatoms. The molecular formula is C13H12O8P2. The van der Waals surface area contributed by atoms with Crippen LogP contribution in [0.2, 0.25) is 0 Å². The first-order valence-corrected chi connectivity index (χ1v) is 9.43. The van der Waals surface area contributed by atoms with Gasteiger partial charge >= 0.3 is 15.6 Å². The summed E-state index contributed by atoms with van der Waals surface area (Å²) in [6, 6.07) is 11.8. The zero-order valence-electron chi connectivity index (χ0n) is 11.5. The van der Waals surface area contributed by atoms with Crippen molar-refractivity contribution in [2.24, 2.45) is 0 Å². The number of rotatable bonds is 4. The maximum Gasteiger partial charge on any atom is 0.536 e. The molecule has 0 amide bonds. The molecule has 1 unspecified atom stereocenters. The third-order valence-corrected chi connectivity index (χ3v) is 5.18. The van der Waals surface area contributed by atoms with Gasteiger partial charge in [0, 0.05) is 12.0 Å². The van der Waals surface area contributed by atoms with Crippen molar-refractivity contribution in [2.45, 2.75) is 6.42 Å². The fourth-order valence-electron chi connectivity index (χ4n) is 2.23. The number of phosphoric acid groups is 2. The monoisotopic (exact) mass is 358 g/mol. The van der Waals surface area contributed by atoms with Crippen LogP contribution in [0.25, 0.3) is 0 Å². The Bertz CT molecular complexity index is 844. The van der Waals surface area contributed by atoms with E-state index >= 15 is 0 Å². The lowest BCUT2D eigenvalue weighted by Crippen LogP contribution is -2.06. The Hall–Kier alpha value is -1.66. The molecule has 0 aromatic heterocycles. The van der Waals surface area contributed by atoms with Crippen molar-refractivity contribution in [1.29, 1.82) is 0 Å². The summed E-state index contributed by atoms with van der Waals surface area (Å²) in [5.74, 6) is 1.05. The molecule has 0 fully saturated rings. The minimum Gasteiger partial charge on any atom is -0.457 e. The Morgan fingerprint density at radius 3 is 2.39 bits per heavy atom. The summed E-state index contributed by atoms with van der Waals surface area (Å²) < 4.78 is 36.7. The molecule has 23 heavy (non-hydrogen) atoms. The van der Waals surface area contributed by atoms with Gasteiger partial charge in [0.25, 0.3) is 0 Å². The van der Waals surface area contributed by atoms with Gasteiger partial charge in [-0.05, 0) is 23.8 Å². The highest BCUT2D eigenvalue weighted by atomic mass is 31.3. The predicted molar refractivity (Wildman–Crippen MR) is 79.3 cm³/mol. The number of hydrogen-bond acceptors (Lipinski definition) is 5. The molecule has 2 aromatic rings. The number of benzene rings is 2. The molecule has 1 atom stereocenters. The number of phosphoric ester groups is 1. The smallest absolute Gasteiger partial charge is 0.457 e. The Labute approximate surface area is 131 Å². The first-order chi connectivity index (χ1) is 10.7. The predicted octanol–water partition coefficient (Wildman–Crippen LogP) is 2.97. The zero-order chi connectivity index (χ0) is 16.7. The van der Waals surface area contributed by atoms with Gasteiger partial charge in [-0.1, -0.05) is 24.3 Å². The van der Waals surface area contributed by atoms with Crippen LogP contribution >= 0.6 is 15.6 Å². The fourth-order valence-corrected chi connectivity index (χ4v) is 3.86. The van der Waals surface area contributed by atoms with Gasteiger partial charge in [-0.3, -0.25) is 4.89 Å². The largest absolute Gasteiger partial charge is 0.536 e. The number of fused-ring (bicyclic) bond motifs is 2. The van der Waals surface area contributed by atoms with E-state index in [4.69, 9.17) is 19.0 Å². The van der Waals surface area contributed by atoms with Crippen LogP contribution in [-0.2, 0) is 19.9 Å². The van der Waals surface area contributed by atoms with Crippen molar-refractivity contribution in [3.63, 3.8) is 0 Å². The normalized spacial score (nSPS) is 15.8. The molecule has 0 spiro atoms. The van der Waals surface area contributed by atoms with E-state index in [0.29, 0.717) is 23.5 Å². The molecule has 0 saturated carbocycles. The van der Waals surface area contributed by atoms with Crippen LogP contribution in [0.1, 0.15) is 11.1 Å². The van der Waals surface area contributed by atoms with Crippen molar-refractivity contribution in [3.05, 3.63) is 53.6 Å². The Morgan fingerprint density at radius 2 is 1.65 bits per heavy atom. The molecule has 0 saturated heterocycles. The third kappa shape index (κ3) is 3.82. The molecule has 0 radical (unpaired) electrons. The van der Waals surface area contributed by atoms with Gasteiger partial charge in [-0.25, -0.2) is 9.13 Å². The fraction of sp³-hybridized carbons (Fsp3) is 0.0769. The Kier molecular flexibility index (Phi) is 4.06. The minimum atomic E-state index is -5.18. The first-order valence-electron chi connectivity index (χ1n) is 6.40. The van der Waals surface area contributed by atoms with Crippen LogP contribution in [0.15, 0.2) is 42.5 Å². The van der Waals surface area contributed by atoms with Gasteiger partial charge in [0.15, 0.2) is 0 Å². The molecule has 1 heterocycles. The summed E-state index contributed by atoms with van der Waals surface area (Å²) in [6.07, 6.45) is 0.373. The van der Waals surface area contributed by atoms with Crippen LogP contribution in [0, 0.1) is 0 Å². The van der Waals surface area contributed by atoms with E-state index in [0.717, 1.165) is 5.56 Å². The van der Waals surface area contributed by atoms with Gasteiger partial charge in [0.2, 0.25) is 0 Å². The summed E-state index contributed by atoms with van der Waals surface area (Å²) in [7, 11) is -10.2. The van der Waals surface area contributed by atoms with Crippen molar-refractivity contribution in [3.8, 4) is 17.2 Å². The summed E-state index contributed by atoms with van der Waals surface area (Å²) in [5, 5.41) is 0. The van der Waals surface area contributed by atoms with Gasteiger partial charge in [-0.2, -0.15) is 4.31 Å². The van der Waals surface area contributed by atoms with Crippen LogP contribution in [0.5, 0.6) is 17.2 Å². The van der Waals surface area contributed by atoms with Gasteiger partial charge in [0.1, 0.15) is 17.2 Å². The van der Waals surface area contributed by atoms with E-state index < -0.39 is 15.6 Å². The molecule has 0 bridgehead atoms. The minimum absolute atomic E-state index is 0.0451. The van der Waals surface area contributed by atoms with Crippen LogP contribution < -0.4 is 9.26 Å². The van der Waals surface area contributed by atoms with Gasteiger partial charge in [-0.15, -0.1) is 0 Å². The summed E-state index contributed by atoms with van der Waals surface area (Å²) >= 11 is 0. The van der Waals surface area contributed by atoms with E-state index in [1.807, 2.05) is 18.2 Å². The average Bonchev–Trinajstić information content (AvgIpc) is 2.42. The van der Waals surface area contributed by atoms with Gasteiger partial charge in [0.05, 0.1) is 0 Å². The maximum atomic E-state index is 11.7. The van der Waals surface area contributed by atoms with Crippen LogP contribution in [0.3, 0.4) is 0 Å². The standard InChI is InChI=1S/C13H12O8P2/c14-22(15,16)21-23(17,18)20-13-7-3-6-12-10(13)8-9-4-1-2-5-11(9)19-12/h1-7H,8H2,(H,17,18)(H2,14,15,16). The topological polar surface area (TPSA) is 123 Å². The van der Waals surface area contributed by atoms with E-state index in [1.54, 1.807) is 12.1 Å². The number of para-hydroxylation sites is 1. The van der Waals surface area contributed by atoms with E-state index in [9.17, 15) is 14.0 Å². The van der Waals surface area contributed by atoms with Gasteiger partial charge < -0.3 is 19.0 Å². The van der Waals surface area contributed by atoms with E-state index in [2.05, 4.69) is 4.31 Å². The molecule has 0 aliphatic carbocycles. The van der Waals surface area contributed by atoms with Crippen molar-refractivity contribution in [1.82, 2.24) is 0 Å². The number of ether oxygens (including phenoxy) is 1. The van der Waals surface area contributed by atoms with E-state index in [-0.39, 0.29) is 5.75 Å². The van der Waals surface area contributed by atoms with Crippen LogP contribution in [0.4, 0.5) is 0 Å². The molecular weight excluding hydrogens is 346 g/mol. The highest BCUT2D eigenvalue weighted by Gasteiger charge is 2.35. The number of hydrogen-bond donors (Lipinski definition) is 3. The highest BCUT2D eigenvalue weighted by Crippen LogP contribution is 2.58. The highest BCUT2D eigenvalue weighted by molar-refractivity contribution is 7.60. The zero-order valence-corrected chi connectivity index (χ0v) is 13.3. The second-order valence-electron chi connectivity index (χ2n) is 4.75. The molecule has 3 rings (SSSR count). The second-order valence-corrected chi connectivity index (χ2v) is 7.51. The molecule has 122 valence electrons. The Morgan fingerprint density at radius 1 is 0.957 bits per heavy atom. The molecule has 1 aliphatic heterocycles. The van der Waals surface area contributed by atoms with Crippen molar-refractivity contribution >= 4 is 15.6 Å². The van der Waals surface area contributed by atoms with Crippen LogP contribution in [-0.4, -0.2) is 14.7 Å². The third-order valence-electron chi connectivity index (χ3n) is 3.07. The molecule has 1 aliphatic rings. The summed E-state index contributed by atoms with van der Waals surface area (Å²) in [4.78, 5) is 26.8. The average molecular weight is 358 g/mol. The molecule has 3 N–H and O–H groups in total. The summed E-state index contributed by atoms with van der Waals surface area (Å²) in [5.41, 5.74) is 1.33. The van der Waals surface area contributed by atoms with Crippen molar-refractivity contribution < 1.29 is 37.4 Å². The second kappa shape index (κ2) is 5.76. The van der Waals surface area contributed by atoms with Crippen molar-refractivity contribution in [2.75, 3.05) is 0 Å².